The first kappa shape index (κ1) is 23.2. The van der Waals surface area contributed by atoms with Crippen LogP contribution in [0.4, 0.5) is 0 Å². The van der Waals surface area contributed by atoms with Crippen LogP contribution < -0.4 is 0 Å². The lowest BCUT2D eigenvalue weighted by Gasteiger charge is -2.17. The number of hydrogen-bond acceptors (Lipinski definition) is 1. The number of aliphatic hydroxyl groups excluding tert-OH is 1. The van der Waals surface area contributed by atoms with Gasteiger partial charge in [-0.2, -0.15) is 0 Å². The summed E-state index contributed by atoms with van der Waals surface area (Å²) in [6.45, 7) is 6.72. The Kier molecular flexibility index (Phi) is 15.8. The topological polar surface area (TPSA) is 20.2 Å². The zero-order valence-electron chi connectivity index (χ0n) is 16.8. The van der Waals surface area contributed by atoms with Crippen molar-refractivity contribution < 1.29 is 5.11 Å². The van der Waals surface area contributed by atoms with E-state index in [4.69, 9.17) is 0 Å². The van der Waals surface area contributed by atoms with Crippen molar-refractivity contribution in [2.24, 2.45) is 0 Å². The van der Waals surface area contributed by atoms with Gasteiger partial charge in [-0.15, -0.1) is 0 Å². The van der Waals surface area contributed by atoms with E-state index in [1.165, 1.54) is 107 Å². The van der Waals surface area contributed by atoms with Gasteiger partial charge in [0.05, 0.1) is 6.10 Å². The van der Waals surface area contributed by atoms with Crippen LogP contribution >= 0.6 is 0 Å². The molecule has 0 heterocycles. The molecule has 0 aromatic rings. The second kappa shape index (κ2) is 15.7. The summed E-state index contributed by atoms with van der Waals surface area (Å²) in [6.07, 6.45) is 22.1. The van der Waals surface area contributed by atoms with Crippen LogP contribution in [0.1, 0.15) is 124 Å². The molecule has 23 heavy (non-hydrogen) atoms. The molecule has 0 radical (unpaired) electrons. The highest BCUT2D eigenvalue weighted by Crippen LogP contribution is 2.26. The van der Waals surface area contributed by atoms with E-state index in [0.29, 0.717) is 5.04 Å². The van der Waals surface area contributed by atoms with Crippen LogP contribution in [0, 0.1) is 0 Å². The first-order chi connectivity index (χ1) is 10.9. The van der Waals surface area contributed by atoms with E-state index in [1.54, 1.807) is 0 Å². The molecular weight excluding hydrogens is 296 g/mol. The zero-order valence-corrected chi connectivity index (χ0v) is 18.8. The molecule has 140 valence electrons. The van der Waals surface area contributed by atoms with Gasteiger partial charge >= 0.3 is 0 Å². The third-order valence-corrected chi connectivity index (χ3v) is 5.30. The van der Waals surface area contributed by atoms with E-state index < -0.39 is 0 Å². The van der Waals surface area contributed by atoms with Gasteiger partial charge in [-0.05, 0) is 18.4 Å². The molecule has 0 aliphatic rings. The van der Waals surface area contributed by atoms with Crippen molar-refractivity contribution in [2.45, 2.75) is 135 Å². The zero-order chi connectivity index (χ0) is 17.4. The van der Waals surface area contributed by atoms with E-state index in [9.17, 15) is 5.11 Å². The smallest absolute Gasteiger partial charge is 0.0512 e. The monoisotopic (exact) mass is 342 g/mol. The maximum atomic E-state index is 9.19. The maximum absolute atomic E-state index is 9.19. The lowest BCUT2D eigenvalue weighted by molar-refractivity contribution is 0.180. The minimum Gasteiger partial charge on any atom is -0.393 e. The molecule has 0 rings (SSSR count). The standard InChI is InChI=1S/C21H46OSi/c1-20(22)18-16-14-12-10-8-6-4-5-7-9-11-13-15-17-19-21(2,3)23/h20,22H,4-19H2,1-3,23H3. The van der Waals surface area contributed by atoms with Crippen molar-refractivity contribution >= 4 is 10.2 Å². The highest BCUT2D eigenvalue weighted by atomic mass is 28.1. The van der Waals surface area contributed by atoms with Crippen LogP contribution in [-0.2, 0) is 0 Å². The summed E-state index contributed by atoms with van der Waals surface area (Å²) in [4.78, 5) is 0. The fourth-order valence-electron chi connectivity index (χ4n) is 3.22. The van der Waals surface area contributed by atoms with Gasteiger partial charge in [0, 0.05) is 10.2 Å². The van der Waals surface area contributed by atoms with Crippen molar-refractivity contribution in [3.63, 3.8) is 0 Å². The fraction of sp³-hybridized carbons (Fsp3) is 1.00. The Bertz CT molecular complexity index is 232. The summed E-state index contributed by atoms with van der Waals surface area (Å²) in [5, 5.41) is 9.85. The van der Waals surface area contributed by atoms with Gasteiger partial charge in [-0.3, -0.25) is 0 Å². The molecule has 0 spiro atoms. The molecule has 0 aromatic heterocycles. The number of rotatable bonds is 17. The van der Waals surface area contributed by atoms with Crippen LogP contribution in [0.3, 0.4) is 0 Å². The molecule has 0 saturated heterocycles. The van der Waals surface area contributed by atoms with Gasteiger partial charge in [0.1, 0.15) is 0 Å². The summed E-state index contributed by atoms with van der Waals surface area (Å²) in [5.41, 5.74) is 0. The molecule has 0 saturated carbocycles. The van der Waals surface area contributed by atoms with Crippen LogP contribution in [0.15, 0.2) is 0 Å². The molecule has 0 bridgehead atoms. The molecule has 0 aliphatic heterocycles. The van der Waals surface area contributed by atoms with Gasteiger partial charge in [0.2, 0.25) is 0 Å². The van der Waals surface area contributed by atoms with E-state index in [0.717, 1.165) is 6.42 Å². The molecular formula is C21H46OSi. The van der Waals surface area contributed by atoms with Gasteiger partial charge in [0.15, 0.2) is 0 Å². The van der Waals surface area contributed by atoms with E-state index >= 15 is 0 Å². The van der Waals surface area contributed by atoms with Crippen molar-refractivity contribution in [2.75, 3.05) is 0 Å². The normalized spacial score (nSPS) is 13.6. The lowest BCUT2D eigenvalue weighted by atomic mass is 10.0. The van der Waals surface area contributed by atoms with Crippen molar-refractivity contribution in [1.29, 1.82) is 0 Å². The second-order valence-corrected chi connectivity index (χ2v) is 11.6. The molecule has 1 unspecified atom stereocenters. The largest absolute Gasteiger partial charge is 0.393 e. The summed E-state index contributed by atoms with van der Waals surface area (Å²) in [5.74, 6) is 0. The SMILES string of the molecule is CC(O)CCCCCCCCCCCCCCCCC(C)(C)[SiH3]. The summed E-state index contributed by atoms with van der Waals surface area (Å²) in [6, 6.07) is 0. The molecule has 1 N–H and O–H groups in total. The van der Waals surface area contributed by atoms with E-state index in [-0.39, 0.29) is 6.10 Å². The van der Waals surface area contributed by atoms with E-state index in [1.807, 2.05) is 6.92 Å². The van der Waals surface area contributed by atoms with Gasteiger partial charge in [-0.25, -0.2) is 0 Å². The number of unbranched alkanes of at least 4 members (excludes halogenated alkanes) is 13. The summed E-state index contributed by atoms with van der Waals surface area (Å²) in [7, 11) is 1.34. The van der Waals surface area contributed by atoms with Crippen LogP contribution in [0.5, 0.6) is 0 Å². The third-order valence-electron chi connectivity index (χ3n) is 4.80. The van der Waals surface area contributed by atoms with Crippen LogP contribution in [0.25, 0.3) is 0 Å². The van der Waals surface area contributed by atoms with E-state index in [2.05, 4.69) is 13.8 Å². The predicted octanol–water partition coefficient (Wildman–Crippen LogP) is 6.17. The molecule has 0 fully saturated rings. The lowest BCUT2D eigenvalue weighted by Crippen LogP contribution is -2.01. The molecule has 1 atom stereocenters. The number of aliphatic hydroxyl groups is 1. The highest BCUT2D eigenvalue weighted by molar-refractivity contribution is 6.14. The Balaban J connectivity index is 3.03. The second-order valence-electron chi connectivity index (χ2n) is 8.90. The Hall–Kier alpha value is 0.177. The minimum atomic E-state index is -0.102. The third kappa shape index (κ3) is 22.2. The van der Waals surface area contributed by atoms with Crippen LogP contribution in [0.2, 0.25) is 5.04 Å². The fourth-order valence-corrected chi connectivity index (χ4v) is 3.57. The predicted molar refractivity (Wildman–Crippen MR) is 110 cm³/mol. The minimum absolute atomic E-state index is 0.102. The van der Waals surface area contributed by atoms with Gasteiger partial charge in [-0.1, -0.05) is 110 Å². The van der Waals surface area contributed by atoms with Crippen molar-refractivity contribution in [3.05, 3.63) is 0 Å². The van der Waals surface area contributed by atoms with Crippen LogP contribution in [-0.4, -0.2) is 21.5 Å². The molecule has 0 aliphatic carbocycles. The average molecular weight is 343 g/mol. The van der Waals surface area contributed by atoms with Crippen molar-refractivity contribution in [3.8, 4) is 0 Å². The molecule has 0 amide bonds. The Morgan fingerprint density at radius 1 is 0.652 bits per heavy atom. The van der Waals surface area contributed by atoms with Gasteiger partial charge < -0.3 is 5.11 Å². The molecule has 0 aromatic carbocycles. The highest BCUT2D eigenvalue weighted by Gasteiger charge is 2.08. The average Bonchev–Trinajstić information content (AvgIpc) is 2.45. The molecule has 2 heteroatoms. The Morgan fingerprint density at radius 3 is 1.26 bits per heavy atom. The first-order valence-corrected chi connectivity index (χ1v) is 11.6. The Morgan fingerprint density at radius 2 is 0.957 bits per heavy atom. The maximum Gasteiger partial charge on any atom is 0.0512 e. The van der Waals surface area contributed by atoms with Gasteiger partial charge in [0.25, 0.3) is 0 Å². The summed E-state index contributed by atoms with van der Waals surface area (Å²) >= 11 is 0. The van der Waals surface area contributed by atoms with Crippen molar-refractivity contribution in [1.82, 2.24) is 0 Å². The first-order valence-electron chi connectivity index (χ1n) is 10.6. The number of hydrogen-bond donors (Lipinski definition) is 1. The quantitative estimate of drug-likeness (QED) is 0.247. The summed E-state index contributed by atoms with van der Waals surface area (Å²) < 4.78 is 0. The Labute approximate surface area is 150 Å². The molecule has 1 nitrogen and oxygen atoms in total.